The van der Waals surface area contributed by atoms with Crippen LogP contribution in [0, 0.1) is 20.8 Å². The lowest BCUT2D eigenvalue weighted by molar-refractivity contribution is 0.766. The Hall–Kier alpha value is -12.9. The predicted molar refractivity (Wildman–Crippen MR) is 432 cm³/mol. The molecule has 0 saturated heterocycles. The van der Waals surface area contributed by atoms with Gasteiger partial charge in [0.25, 0.3) is 0 Å². The van der Waals surface area contributed by atoms with Crippen LogP contribution >= 0.6 is 0 Å². The summed E-state index contributed by atoms with van der Waals surface area (Å²) in [7, 11) is 0. The Labute approximate surface area is 609 Å². The smallest absolute Gasteiger partial charge is 0.0726 e. The Balaban J connectivity index is 0.752. The third-order valence-electron chi connectivity index (χ3n) is 23.3. The highest BCUT2D eigenvalue weighted by Gasteiger charge is 2.53. The first-order valence-electron chi connectivity index (χ1n) is 36.4. The van der Waals surface area contributed by atoms with Gasteiger partial charge in [0.15, 0.2) is 0 Å². The highest BCUT2D eigenvalue weighted by molar-refractivity contribution is 5.98. The van der Waals surface area contributed by atoms with Crippen molar-refractivity contribution in [3.8, 4) is 66.8 Å². The third kappa shape index (κ3) is 8.95. The molecule has 4 aliphatic rings. The topological polar surface area (TPSA) is 6.48 Å². The Morgan fingerprint density at radius 1 is 0.173 bits per heavy atom. The Morgan fingerprint density at radius 3 is 0.808 bits per heavy atom. The fourth-order valence-electron chi connectivity index (χ4n) is 18.9. The van der Waals surface area contributed by atoms with Crippen molar-refractivity contribution < 1.29 is 0 Å². The van der Waals surface area contributed by atoms with Crippen LogP contribution in [-0.2, 0) is 16.2 Å². The van der Waals surface area contributed by atoms with Gasteiger partial charge in [-0.15, -0.1) is 0 Å². The average molecular weight is 1330 g/mol. The van der Waals surface area contributed by atoms with Gasteiger partial charge in [0.1, 0.15) is 0 Å². The van der Waals surface area contributed by atoms with E-state index in [0.29, 0.717) is 0 Å². The van der Waals surface area contributed by atoms with Crippen molar-refractivity contribution in [1.29, 1.82) is 0 Å². The molecule has 490 valence electrons. The molecule has 0 bridgehead atoms. The van der Waals surface area contributed by atoms with Crippen LogP contribution in [0.2, 0.25) is 0 Å². The molecule has 0 saturated carbocycles. The number of nitrogens with zero attached hydrogens (tertiary/aromatic N) is 2. The van der Waals surface area contributed by atoms with Gasteiger partial charge in [-0.05, 0) is 233 Å². The molecule has 0 aliphatic heterocycles. The van der Waals surface area contributed by atoms with Gasteiger partial charge in [-0.2, -0.15) is 0 Å². The van der Waals surface area contributed by atoms with Gasteiger partial charge in [-0.1, -0.05) is 321 Å². The maximum absolute atomic E-state index is 2.54. The van der Waals surface area contributed by atoms with Crippen molar-refractivity contribution in [3.05, 3.63) is 466 Å². The van der Waals surface area contributed by atoms with Gasteiger partial charge in [0.05, 0.1) is 16.2 Å². The summed E-state index contributed by atoms with van der Waals surface area (Å²) in [4.78, 5) is 4.99. The molecule has 4 aliphatic carbocycles. The van der Waals surface area contributed by atoms with E-state index in [4.69, 9.17) is 0 Å². The zero-order chi connectivity index (χ0) is 69.3. The van der Waals surface area contributed by atoms with E-state index in [0.717, 1.165) is 39.7 Å². The number of rotatable bonds is 12. The molecule has 2 nitrogen and oxygen atoms in total. The summed E-state index contributed by atoms with van der Waals surface area (Å²) in [6.07, 6.45) is 0. The molecule has 0 fully saturated rings. The van der Waals surface area contributed by atoms with Crippen LogP contribution in [0.3, 0.4) is 0 Å². The lowest BCUT2D eigenvalue weighted by atomic mass is 9.67. The maximum atomic E-state index is 2.54. The minimum absolute atomic E-state index is 0.484. The predicted octanol–water partition coefficient (Wildman–Crippen LogP) is 26.0. The second-order valence-corrected chi connectivity index (χ2v) is 28.8. The van der Waals surface area contributed by atoms with E-state index < -0.39 is 16.2 Å². The number of hydrogen-bond donors (Lipinski definition) is 0. The SMILES string of the molecule is Cc1ccc2c(c1)C(c1ccccc1)(c1ccccc1)c1cc(N(c3ccc(-c4ccc(N(c5ccc(-c6ccccc6)cc5)c5ccc6c(c5)C5(c7ccccc7-c7ccccc75)c5ccccc5-6)cc4)c(C)c3)c3ccc4c(c3)C(c3ccccc3)(c3ccccc3)c3cc(C)ccc3-4)ccc1-2. The van der Waals surface area contributed by atoms with E-state index in [1.165, 1.54) is 145 Å². The first-order chi connectivity index (χ1) is 51.3. The van der Waals surface area contributed by atoms with Crippen molar-refractivity contribution in [2.45, 2.75) is 37.0 Å². The fraction of sp³-hybridized carbons (Fsp3) is 0.0588. The molecular formula is C102H72N2. The Bertz CT molecular complexity index is 5730. The molecule has 0 amide bonds. The zero-order valence-corrected chi connectivity index (χ0v) is 58.3. The summed E-state index contributed by atoms with van der Waals surface area (Å²) < 4.78 is 0. The summed E-state index contributed by atoms with van der Waals surface area (Å²) in [6, 6.07) is 144. The van der Waals surface area contributed by atoms with Crippen LogP contribution in [0.1, 0.15) is 83.5 Å². The van der Waals surface area contributed by atoms with E-state index >= 15 is 0 Å². The lowest BCUT2D eigenvalue weighted by Gasteiger charge is -2.36. The molecule has 0 atom stereocenters. The molecule has 16 aromatic rings. The van der Waals surface area contributed by atoms with E-state index in [1.54, 1.807) is 0 Å². The van der Waals surface area contributed by atoms with Crippen molar-refractivity contribution in [2.24, 2.45) is 0 Å². The molecule has 0 radical (unpaired) electrons. The van der Waals surface area contributed by atoms with Crippen LogP contribution in [0.15, 0.2) is 382 Å². The minimum Gasteiger partial charge on any atom is -0.310 e. The monoisotopic (exact) mass is 1320 g/mol. The molecule has 20 rings (SSSR count). The van der Waals surface area contributed by atoms with Crippen LogP contribution in [-0.4, -0.2) is 0 Å². The minimum atomic E-state index is -0.607. The van der Waals surface area contributed by atoms with Gasteiger partial charge in [0, 0.05) is 34.1 Å². The molecule has 16 aromatic carbocycles. The standard InChI is InChI=1S/C102H72N2/c1-67-41-55-87-90-59-53-81(64-97(90)100(95(87)61-67,73-27-11-5-12-28-73)74-29-13-6-14-30-74)104(82-54-60-91-88-56-42-68(2)62-96(88)101(98(91)65-82,75-31-15-7-16-32-75)76-33-17-8-18-34-76)79-51-57-83(69(3)63-79)72-45-49-78(50-46-72)103(77-47-43-71(44-48-77)70-25-9-4-10-26-70)80-52-58-89-86-37-21-24-40-94(86)102(99(89)66-80)92-38-22-19-35-84(92)85-36-20-23-39-93(85)102/h4-66H,1-3H3. The number of anilines is 6. The van der Waals surface area contributed by atoms with E-state index in [1.807, 2.05) is 0 Å². The first kappa shape index (κ1) is 61.0. The van der Waals surface area contributed by atoms with Gasteiger partial charge < -0.3 is 9.80 Å². The lowest BCUT2D eigenvalue weighted by Crippen LogP contribution is -2.29. The quantitative estimate of drug-likeness (QED) is 0.120. The van der Waals surface area contributed by atoms with E-state index in [-0.39, 0.29) is 0 Å². The van der Waals surface area contributed by atoms with Crippen LogP contribution in [0.25, 0.3) is 66.8 Å². The fourth-order valence-corrected chi connectivity index (χ4v) is 18.9. The molecular weight excluding hydrogens is 1250 g/mol. The summed E-state index contributed by atoms with van der Waals surface area (Å²) in [5.41, 5.74) is 38.7. The number of fused-ring (bicyclic) bond motifs is 16. The van der Waals surface area contributed by atoms with Gasteiger partial charge in [-0.25, -0.2) is 0 Å². The van der Waals surface area contributed by atoms with Crippen LogP contribution in [0.5, 0.6) is 0 Å². The largest absolute Gasteiger partial charge is 0.310 e. The van der Waals surface area contributed by atoms with Gasteiger partial charge in [-0.3, -0.25) is 0 Å². The first-order valence-corrected chi connectivity index (χ1v) is 36.4. The summed E-state index contributed by atoms with van der Waals surface area (Å²) in [6.45, 7) is 6.75. The zero-order valence-electron chi connectivity index (χ0n) is 58.3. The van der Waals surface area contributed by atoms with Gasteiger partial charge in [0.2, 0.25) is 0 Å². The van der Waals surface area contributed by atoms with Gasteiger partial charge >= 0.3 is 0 Å². The molecule has 0 heterocycles. The molecule has 0 aromatic heterocycles. The number of aryl methyl sites for hydroxylation is 3. The summed E-state index contributed by atoms with van der Waals surface area (Å²) in [5.74, 6) is 0. The molecule has 0 unspecified atom stereocenters. The highest BCUT2D eigenvalue weighted by atomic mass is 15.1. The van der Waals surface area contributed by atoms with Crippen LogP contribution in [0.4, 0.5) is 34.1 Å². The molecule has 1 spiro atoms. The van der Waals surface area contributed by atoms with Crippen LogP contribution < -0.4 is 9.80 Å². The molecule has 2 heteroatoms. The normalized spacial score (nSPS) is 13.8. The Kier molecular flexibility index (Phi) is 14.0. The third-order valence-corrected chi connectivity index (χ3v) is 23.3. The van der Waals surface area contributed by atoms with Crippen molar-refractivity contribution >= 4 is 34.1 Å². The second kappa shape index (κ2) is 23.9. The number of benzene rings is 16. The van der Waals surface area contributed by atoms with Crippen molar-refractivity contribution in [2.75, 3.05) is 9.80 Å². The second-order valence-electron chi connectivity index (χ2n) is 28.8. The average Bonchev–Trinajstić information content (AvgIpc) is 1.36. The number of hydrogen-bond acceptors (Lipinski definition) is 2. The summed E-state index contributed by atoms with van der Waals surface area (Å²) in [5, 5.41) is 0. The van der Waals surface area contributed by atoms with Crippen molar-refractivity contribution in [1.82, 2.24) is 0 Å². The Morgan fingerprint density at radius 2 is 0.433 bits per heavy atom. The van der Waals surface area contributed by atoms with E-state index in [9.17, 15) is 0 Å². The molecule has 104 heavy (non-hydrogen) atoms. The highest BCUT2D eigenvalue weighted by Crippen LogP contribution is 2.65. The molecule has 0 N–H and O–H groups in total. The summed E-state index contributed by atoms with van der Waals surface area (Å²) >= 11 is 0. The van der Waals surface area contributed by atoms with Crippen molar-refractivity contribution in [3.63, 3.8) is 0 Å². The maximum Gasteiger partial charge on any atom is 0.0726 e. The van der Waals surface area contributed by atoms with E-state index in [2.05, 4.69) is 413 Å².